The summed E-state index contributed by atoms with van der Waals surface area (Å²) in [7, 11) is 0. The molecular formula is C15H22N2O. The predicted octanol–water partition coefficient (Wildman–Crippen LogP) is 1.65. The highest BCUT2D eigenvalue weighted by Crippen LogP contribution is 2.43. The average molecular weight is 246 g/mol. The topological polar surface area (TPSA) is 23.6 Å². The van der Waals surface area contributed by atoms with Crippen molar-refractivity contribution in [2.75, 3.05) is 19.6 Å². The Kier molecular flexibility index (Phi) is 2.51. The molecule has 0 aromatic rings. The number of nitrogens with zero attached hydrogens (tertiary/aromatic N) is 2. The van der Waals surface area contributed by atoms with Crippen LogP contribution in [0.15, 0.2) is 12.2 Å². The molecule has 3 nitrogen and oxygen atoms in total. The standard InChI is InChI=1S/C15H22N2O/c18-14-7-1-6-13-12-5-3-9-16-8-2-4-11(15(12)16)10-17(13)14/h1,6,11-13,15H,2-5,7-10H2/t11-,12-,13-,15-/m1/s1. The molecule has 0 bridgehead atoms. The molecule has 1 amide bonds. The van der Waals surface area contributed by atoms with E-state index in [1.54, 1.807) is 0 Å². The molecule has 4 heterocycles. The smallest absolute Gasteiger partial charge is 0.226 e. The molecule has 0 aromatic carbocycles. The predicted molar refractivity (Wildman–Crippen MR) is 70.1 cm³/mol. The minimum atomic E-state index is 0.364. The van der Waals surface area contributed by atoms with Gasteiger partial charge in [0.2, 0.25) is 5.91 Å². The van der Waals surface area contributed by atoms with Crippen LogP contribution in [0.3, 0.4) is 0 Å². The largest absolute Gasteiger partial charge is 0.335 e. The van der Waals surface area contributed by atoms with Crippen molar-refractivity contribution in [2.24, 2.45) is 11.8 Å². The molecule has 0 spiro atoms. The van der Waals surface area contributed by atoms with Crippen LogP contribution in [0.1, 0.15) is 32.1 Å². The van der Waals surface area contributed by atoms with Gasteiger partial charge in [-0.1, -0.05) is 12.2 Å². The van der Waals surface area contributed by atoms with Crippen LogP contribution < -0.4 is 0 Å². The second-order valence-electron chi connectivity index (χ2n) is 6.40. The van der Waals surface area contributed by atoms with Gasteiger partial charge >= 0.3 is 0 Å². The molecule has 0 radical (unpaired) electrons. The quantitative estimate of drug-likeness (QED) is 0.607. The zero-order chi connectivity index (χ0) is 12.1. The van der Waals surface area contributed by atoms with Crippen molar-refractivity contribution in [1.29, 1.82) is 0 Å². The minimum absolute atomic E-state index is 0.364. The second-order valence-corrected chi connectivity index (χ2v) is 6.40. The van der Waals surface area contributed by atoms with Gasteiger partial charge in [-0.2, -0.15) is 0 Å². The van der Waals surface area contributed by atoms with E-state index in [1.165, 1.54) is 38.8 Å². The summed E-state index contributed by atoms with van der Waals surface area (Å²) in [6, 6.07) is 1.18. The van der Waals surface area contributed by atoms with Crippen LogP contribution in [0, 0.1) is 11.8 Å². The van der Waals surface area contributed by atoms with Crippen molar-refractivity contribution in [3.05, 3.63) is 12.2 Å². The highest BCUT2D eigenvalue weighted by atomic mass is 16.2. The van der Waals surface area contributed by atoms with Gasteiger partial charge in [-0.15, -0.1) is 0 Å². The number of carbonyl (C=O) groups excluding carboxylic acids is 1. The molecule has 4 rings (SSSR count). The van der Waals surface area contributed by atoms with Crippen LogP contribution in [-0.4, -0.2) is 47.4 Å². The summed E-state index contributed by atoms with van der Waals surface area (Å²) in [5, 5.41) is 0. The summed E-state index contributed by atoms with van der Waals surface area (Å²) in [6.07, 6.45) is 10.3. The Hall–Kier alpha value is -0.830. The van der Waals surface area contributed by atoms with Gasteiger partial charge in [0.15, 0.2) is 0 Å². The highest BCUT2D eigenvalue weighted by Gasteiger charge is 2.49. The summed E-state index contributed by atoms with van der Waals surface area (Å²) in [5.41, 5.74) is 0. The number of rotatable bonds is 0. The molecule has 0 aliphatic carbocycles. The van der Waals surface area contributed by atoms with E-state index in [9.17, 15) is 4.79 Å². The zero-order valence-corrected chi connectivity index (χ0v) is 10.9. The number of piperidine rings is 3. The van der Waals surface area contributed by atoms with Gasteiger partial charge in [0.25, 0.3) is 0 Å². The summed E-state index contributed by atoms with van der Waals surface area (Å²) >= 11 is 0. The monoisotopic (exact) mass is 246 g/mol. The van der Waals surface area contributed by atoms with Crippen LogP contribution >= 0.6 is 0 Å². The van der Waals surface area contributed by atoms with Crippen LogP contribution in [0.2, 0.25) is 0 Å². The van der Waals surface area contributed by atoms with E-state index in [1.807, 2.05) is 0 Å². The minimum Gasteiger partial charge on any atom is -0.335 e. The molecule has 4 aliphatic rings. The van der Waals surface area contributed by atoms with Gasteiger partial charge < -0.3 is 4.90 Å². The van der Waals surface area contributed by atoms with Crippen molar-refractivity contribution in [1.82, 2.24) is 9.80 Å². The van der Waals surface area contributed by atoms with E-state index in [-0.39, 0.29) is 0 Å². The first-order chi connectivity index (χ1) is 8.84. The third-order valence-electron chi connectivity index (χ3n) is 5.52. The molecule has 0 saturated carbocycles. The first kappa shape index (κ1) is 11.0. The lowest BCUT2D eigenvalue weighted by Gasteiger charge is -2.57. The average Bonchev–Trinajstić information content (AvgIpc) is 2.41. The molecular weight excluding hydrogens is 224 g/mol. The van der Waals surface area contributed by atoms with Gasteiger partial charge in [0.1, 0.15) is 0 Å². The Balaban J connectivity index is 1.69. The van der Waals surface area contributed by atoms with Crippen LogP contribution in [0.5, 0.6) is 0 Å². The third-order valence-corrected chi connectivity index (χ3v) is 5.52. The van der Waals surface area contributed by atoms with E-state index in [4.69, 9.17) is 0 Å². The zero-order valence-electron chi connectivity index (χ0n) is 10.9. The van der Waals surface area contributed by atoms with Gasteiger partial charge in [-0.3, -0.25) is 9.69 Å². The van der Waals surface area contributed by atoms with Gasteiger partial charge in [0, 0.05) is 19.0 Å². The van der Waals surface area contributed by atoms with Crippen LogP contribution in [0.25, 0.3) is 0 Å². The Morgan fingerprint density at radius 3 is 2.89 bits per heavy atom. The van der Waals surface area contributed by atoms with Gasteiger partial charge in [0.05, 0.1) is 6.04 Å². The van der Waals surface area contributed by atoms with Crippen molar-refractivity contribution in [3.63, 3.8) is 0 Å². The molecule has 0 unspecified atom stereocenters. The Labute approximate surface area is 109 Å². The van der Waals surface area contributed by atoms with E-state index < -0.39 is 0 Å². The Morgan fingerprint density at radius 2 is 2.00 bits per heavy atom. The van der Waals surface area contributed by atoms with Crippen molar-refractivity contribution < 1.29 is 4.79 Å². The first-order valence-corrected chi connectivity index (χ1v) is 7.55. The molecule has 0 N–H and O–H groups in total. The lowest BCUT2D eigenvalue weighted by atomic mass is 9.69. The Morgan fingerprint density at radius 1 is 1.17 bits per heavy atom. The van der Waals surface area contributed by atoms with Crippen LogP contribution in [0.4, 0.5) is 0 Å². The molecule has 98 valence electrons. The number of carbonyl (C=O) groups is 1. The molecule has 3 saturated heterocycles. The van der Waals surface area contributed by atoms with Gasteiger partial charge in [-0.25, -0.2) is 0 Å². The molecule has 4 atom stereocenters. The fourth-order valence-electron chi connectivity index (χ4n) is 4.87. The molecule has 0 aromatic heterocycles. The summed E-state index contributed by atoms with van der Waals surface area (Å²) in [4.78, 5) is 17.0. The van der Waals surface area contributed by atoms with Crippen molar-refractivity contribution in [3.8, 4) is 0 Å². The maximum atomic E-state index is 12.1. The van der Waals surface area contributed by atoms with Crippen molar-refractivity contribution in [2.45, 2.75) is 44.2 Å². The SMILES string of the molecule is O=C1CC=C[C@@H]2[C@H]3CCCN4CCC[C@H](CN12)[C@H]34. The normalized spacial score (nSPS) is 43.6. The van der Waals surface area contributed by atoms with Crippen molar-refractivity contribution >= 4 is 5.91 Å². The number of hydrogen-bond donors (Lipinski definition) is 0. The second kappa shape index (κ2) is 4.09. The lowest BCUT2D eigenvalue weighted by Crippen LogP contribution is -2.65. The first-order valence-electron chi connectivity index (χ1n) is 7.55. The molecule has 3 heteroatoms. The maximum Gasteiger partial charge on any atom is 0.226 e. The van der Waals surface area contributed by atoms with Crippen LogP contribution in [-0.2, 0) is 4.79 Å². The molecule has 4 aliphatic heterocycles. The van der Waals surface area contributed by atoms with E-state index in [0.717, 1.165) is 18.5 Å². The van der Waals surface area contributed by atoms with Gasteiger partial charge in [-0.05, 0) is 50.6 Å². The highest BCUT2D eigenvalue weighted by molar-refractivity contribution is 5.79. The summed E-state index contributed by atoms with van der Waals surface area (Å²) in [6.45, 7) is 3.61. The maximum absolute atomic E-state index is 12.1. The third kappa shape index (κ3) is 1.49. The van der Waals surface area contributed by atoms with E-state index >= 15 is 0 Å². The molecule has 3 fully saturated rings. The number of fused-ring (bicyclic) bond motifs is 2. The fourth-order valence-corrected chi connectivity index (χ4v) is 4.87. The Bertz CT molecular complexity index is 390. The molecule has 18 heavy (non-hydrogen) atoms. The van der Waals surface area contributed by atoms with E-state index in [2.05, 4.69) is 22.0 Å². The summed E-state index contributed by atoms with van der Waals surface area (Å²) < 4.78 is 0. The summed E-state index contributed by atoms with van der Waals surface area (Å²) in [5.74, 6) is 1.82. The lowest BCUT2D eigenvalue weighted by molar-refractivity contribution is -0.143. The van der Waals surface area contributed by atoms with E-state index in [0.29, 0.717) is 24.3 Å². The number of hydrogen-bond acceptors (Lipinski definition) is 2. The fraction of sp³-hybridized carbons (Fsp3) is 0.800. The number of amides is 1.